The van der Waals surface area contributed by atoms with Gasteiger partial charge in [-0.25, -0.2) is 4.83 Å². The van der Waals surface area contributed by atoms with Crippen LogP contribution in [0.15, 0.2) is 46.4 Å². The predicted octanol–water partition coefficient (Wildman–Crippen LogP) is 2.06. The van der Waals surface area contributed by atoms with E-state index < -0.39 is 10.0 Å². The van der Waals surface area contributed by atoms with Gasteiger partial charge in [-0.1, -0.05) is 18.2 Å². The molecule has 0 saturated carbocycles. The van der Waals surface area contributed by atoms with E-state index in [0.29, 0.717) is 6.61 Å². The van der Waals surface area contributed by atoms with Gasteiger partial charge in [-0.05, 0) is 32.0 Å². The van der Waals surface area contributed by atoms with E-state index >= 15 is 0 Å². The molecule has 0 amide bonds. The first-order valence-electron chi connectivity index (χ1n) is 7.21. The Kier molecular flexibility index (Phi) is 5.57. The molecule has 7 heteroatoms. The van der Waals surface area contributed by atoms with Crippen molar-refractivity contribution in [2.75, 3.05) is 13.7 Å². The Morgan fingerprint density at radius 2 is 1.96 bits per heavy atom. The number of ether oxygens (including phenoxy) is 1. The van der Waals surface area contributed by atoms with E-state index in [1.54, 1.807) is 25.3 Å². The number of sulfonamides is 1. The summed E-state index contributed by atoms with van der Waals surface area (Å²) in [7, 11) is -1.97. The minimum absolute atomic E-state index is 0.183. The highest BCUT2D eigenvalue weighted by Gasteiger charge is 2.12. The summed E-state index contributed by atoms with van der Waals surface area (Å²) in [6.45, 7) is 5.33. The molecule has 0 aliphatic heterocycles. The molecule has 2 rings (SSSR count). The van der Waals surface area contributed by atoms with Crippen LogP contribution in [0.5, 0.6) is 0 Å². The smallest absolute Gasteiger partial charge is 0.276 e. The predicted molar refractivity (Wildman–Crippen MR) is 90.1 cm³/mol. The number of nitrogens with one attached hydrogen (secondary N) is 1. The Hall–Kier alpha value is -2.12. The number of nitrogens with zero attached hydrogens (tertiary/aromatic N) is 2. The SMILES string of the molecule is COCCn1c(C)cc(/C=N\NS(=O)(=O)c2ccccc2)c1C. The molecule has 0 aliphatic rings. The summed E-state index contributed by atoms with van der Waals surface area (Å²) in [6.07, 6.45) is 1.52. The molecule has 1 N–H and O–H groups in total. The molecule has 1 aromatic heterocycles. The monoisotopic (exact) mass is 335 g/mol. The van der Waals surface area contributed by atoms with Crippen LogP contribution in [0.1, 0.15) is 17.0 Å². The van der Waals surface area contributed by atoms with Gasteiger partial charge in [0.05, 0.1) is 17.7 Å². The second kappa shape index (κ2) is 7.43. The standard InChI is InChI=1S/C16H21N3O3S/c1-13-11-15(14(2)19(13)9-10-22-3)12-17-18-23(20,21)16-7-5-4-6-8-16/h4-8,11-12,18H,9-10H2,1-3H3/b17-12-. The fourth-order valence-corrected chi connectivity index (χ4v) is 3.12. The van der Waals surface area contributed by atoms with E-state index in [1.807, 2.05) is 19.9 Å². The van der Waals surface area contributed by atoms with Gasteiger partial charge in [0.2, 0.25) is 0 Å². The molecule has 0 fully saturated rings. The third-order valence-electron chi connectivity index (χ3n) is 3.56. The maximum atomic E-state index is 12.1. The van der Waals surface area contributed by atoms with Crippen LogP contribution in [0.25, 0.3) is 0 Å². The fraction of sp³-hybridized carbons (Fsp3) is 0.312. The first-order valence-corrected chi connectivity index (χ1v) is 8.69. The van der Waals surface area contributed by atoms with Crippen molar-refractivity contribution in [1.29, 1.82) is 0 Å². The highest BCUT2D eigenvalue weighted by atomic mass is 32.2. The molecule has 23 heavy (non-hydrogen) atoms. The summed E-state index contributed by atoms with van der Waals surface area (Å²) in [4.78, 5) is 2.41. The second-order valence-corrected chi connectivity index (χ2v) is 6.80. The second-order valence-electron chi connectivity index (χ2n) is 5.14. The average Bonchev–Trinajstić information content (AvgIpc) is 2.80. The molecule has 2 aromatic rings. The normalized spacial score (nSPS) is 12.0. The van der Waals surface area contributed by atoms with Crippen LogP contribution in [-0.2, 0) is 21.3 Å². The third-order valence-corrected chi connectivity index (χ3v) is 4.80. The van der Waals surface area contributed by atoms with E-state index in [4.69, 9.17) is 4.74 Å². The molecule has 0 bridgehead atoms. The molecule has 124 valence electrons. The number of hydrogen-bond donors (Lipinski definition) is 1. The van der Waals surface area contributed by atoms with Crippen molar-refractivity contribution in [2.24, 2.45) is 5.10 Å². The molecule has 0 unspecified atom stereocenters. The Morgan fingerprint density at radius 3 is 2.61 bits per heavy atom. The molecular weight excluding hydrogens is 314 g/mol. The van der Waals surface area contributed by atoms with Crippen molar-refractivity contribution in [3.05, 3.63) is 53.3 Å². The topological polar surface area (TPSA) is 72.7 Å². The molecule has 0 spiro atoms. The molecule has 0 saturated heterocycles. The lowest BCUT2D eigenvalue weighted by molar-refractivity contribution is 0.186. The van der Waals surface area contributed by atoms with Crippen LogP contribution >= 0.6 is 0 Å². The molecule has 1 heterocycles. The van der Waals surface area contributed by atoms with Gasteiger partial charge in [0.15, 0.2) is 0 Å². The number of methoxy groups -OCH3 is 1. The summed E-state index contributed by atoms with van der Waals surface area (Å²) in [6, 6.07) is 10.1. The van der Waals surface area contributed by atoms with Gasteiger partial charge in [0.25, 0.3) is 10.0 Å². The van der Waals surface area contributed by atoms with E-state index in [2.05, 4.69) is 14.5 Å². The van der Waals surface area contributed by atoms with Crippen LogP contribution < -0.4 is 4.83 Å². The fourth-order valence-electron chi connectivity index (χ4n) is 2.30. The number of hydrazone groups is 1. The van der Waals surface area contributed by atoms with Crippen LogP contribution in [-0.4, -0.2) is 32.9 Å². The van der Waals surface area contributed by atoms with Gasteiger partial charge < -0.3 is 9.30 Å². The number of aromatic nitrogens is 1. The zero-order chi connectivity index (χ0) is 16.9. The van der Waals surface area contributed by atoms with E-state index in [1.165, 1.54) is 18.3 Å². The third kappa shape index (κ3) is 4.20. The zero-order valence-electron chi connectivity index (χ0n) is 13.5. The van der Waals surface area contributed by atoms with Gasteiger partial charge >= 0.3 is 0 Å². The van der Waals surface area contributed by atoms with Gasteiger partial charge in [-0.2, -0.15) is 13.5 Å². The van der Waals surface area contributed by atoms with Crippen molar-refractivity contribution in [3.63, 3.8) is 0 Å². The lowest BCUT2D eigenvalue weighted by atomic mass is 10.3. The maximum absolute atomic E-state index is 12.1. The lowest BCUT2D eigenvalue weighted by Crippen LogP contribution is -2.18. The summed E-state index contributed by atoms with van der Waals surface area (Å²) in [5.41, 5.74) is 2.96. The van der Waals surface area contributed by atoms with Gasteiger partial charge in [0, 0.05) is 30.6 Å². The average molecular weight is 335 g/mol. The van der Waals surface area contributed by atoms with Crippen molar-refractivity contribution in [3.8, 4) is 0 Å². The van der Waals surface area contributed by atoms with Crippen molar-refractivity contribution in [1.82, 2.24) is 9.40 Å². The number of aryl methyl sites for hydroxylation is 1. The van der Waals surface area contributed by atoms with Crippen LogP contribution in [0.3, 0.4) is 0 Å². The van der Waals surface area contributed by atoms with Crippen LogP contribution in [0, 0.1) is 13.8 Å². The van der Waals surface area contributed by atoms with E-state index in [0.717, 1.165) is 23.5 Å². The van der Waals surface area contributed by atoms with Gasteiger partial charge in [-0.3, -0.25) is 0 Å². The van der Waals surface area contributed by atoms with Crippen molar-refractivity contribution in [2.45, 2.75) is 25.3 Å². The Labute approximate surface area is 136 Å². The first kappa shape index (κ1) is 17.2. The summed E-state index contributed by atoms with van der Waals surface area (Å²) in [5, 5.41) is 3.88. The van der Waals surface area contributed by atoms with Crippen LogP contribution in [0.2, 0.25) is 0 Å². The summed E-state index contributed by atoms with van der Waals surface area (Å²) >= 11 is 0. The van der Waals surface area contributed by atoms with Crippen molar-refractivity contribution >= 4 is 16.2 Å². The van der Waals surface area contributed by atoms with Gasteiger partial charge in [-0.15, -0.1) is 0 Å². The molecule has 0 radical (unpaired) electrons. The molecule has 6 nitrogen and oxygen atoms in total. The molecule has 0 atom stereocenters. The largest absolute Gasteiger partial charge is 0.383 e. The highest BCUT2D eigenvalue weighted by molar-refractivity contribution is 7.89. The Morgan fingerprint density at radius 1 is 1.26 bits per heavy atom. The van der Waals surface area contributed by atoms with E-state index in [-0.39, 0.29) is 4.90 Å². The molecule has 1 aromatic carbocycles. The highest BCUT2D eigenvalue weighted by Crippen LogP contribution is 2.13. The number of rotatable bonds is 7. The summed E-state index contributed by atoms with van der Waals surface area (Å²) in [5.74, 6) is 0. The maximum Gasteiger partial charge on any atom is 0.276 e. The minimum atomic E-state index is -3.64. The zero-order valence-corrected chi connectivity index (χ0v) is 14.3. The Bertz CT molecular complexity index is 780. The van der Waals surface area contributed by atoms with Crippen molar-refractivity contribution < 1.29 is 13.2 Å². The quantitative estimate of drug-likeness (QED) is 0.622. The van der Waals surface area contributed by atoms with E-state index in [9.17, 15) is 8.42 Å². The lowest BCUT2D eigenvalue weighted by Gasteiger charge is -2.08. The minimum Gasteiger partial charge on any atom is -0.383 e. The Balaban J connectivity index is 2.12. The molecular formula is C16H21N3O3S. The number of hydrogen-bond acceptors (Lipinski definition) is 4. The van der Waals surface area contributed by atoms with Gasteiger partial charge in [0.1, 0.15) is 0 Å². The number of benzene rings is 1. The molecule has 0 aliphatic carbocycles. The summed E-state index contributed by atoms with van der Waals surface area (Å²) < 4.78 is 31.3. The first-order chi connectivity index (χ1) is 11.0. The van der Waals surface area contributed by atoms with Crippen LogP contribution in [0.4, 0.5) is 0 Å².